The Morgan fingerprint density at radius 2 is 2.00 bits per heavy atom. The number of anilines is 1. The lowest BCUT2D eigenvalue weighted by Crippen LogP contribution is -2.12. The number of nitrogens with one attached hydrogen (secondary N) is 1. The predicted octanol–water partition coefficient (Wildman–Crippen LogP) is 4.48. The van der Waals surface area contributed by atoms with E-state index in [2.05, 4.69) is 27.4 Å². The third kappa shape index (κ3) is 5.09. The van der Waals surface area contributed by atoms with Gasteiger partial charge in [0.2, 0.25) is 5.13 Å². The number of carbonyl (C=O) groups is 1. The molecule has 0 unspecified atom stereocenters. The molecule has 136 valence electrons. The van der Waals surface area contributed by atoms with Gasteiger partial charge in [-0.2, -0.15) is 0 Å². The van der Waals surface area contributed by atoms with Crippen molar-refractivity contribution >= 4 is 33.7 Å². The topological polar surface area (TPSA) is 77.0 Å². The van der Waals surface area contributed by atoms with Gasteiger partial charge < -0.3 is 4.74 Å². The highest BCUT2D eigenvalue weighted by Crippen LogP contribution is 2.19. The van der Waals surface area contributed by atoms with Gasteiger partial charge in [-0.15, -0.1) is 21.5 Å². The molecule has 0 spiro atoms. The fraction of sp³-hybridized carbons (Fsp3) is 0.333. The number of rotatable bonds is 8. The average molecular weight is 389 g/mol. The zero-order valence-corrected chi connectivity index (χ0v) is 16.3. The lowest BCUT2D eigenvalue weighted by atomic mass is 10.2. The lowest BCUT2D eigenvalue weighted by Gasteiger charge is -2.03. The first-order valence-electron chi connectivity index (χ1n) is 8.41. The van der Waals surface area contributed by atoms with Crippen molar-refractivity contribution < 1.29 is 9.53 Å². The molecule has 0 saturated heterocycles. The number of unbranched alkanes of at least 4 members (excludes halogenated alkanes) is 1. The Morgan fingerprint density at radius 3 is 2.77 bits per heavy atom. The quantitative estimate of drug-likeness (QED) is 0.616. The van der Waals surface area contributed by atoms with E-state index in [0.717, 1.165) is 35.0 Å². The SMILES string of the molecule is CCCCc1nnc(NC(=O)c2csc(COc3ccc(C)cc3)n2)s1. The lowest BCUT2D eigenvalue weighted by molar-refractivity contribution is 0.102. The van der Waals surface area contributed by atoms with Gasteiger partial charge in [-0.1, -0.05) is 42.4 Å². The Labute approximate surface area is 160 Å². The molecular weight excluding hydrogens is 368 g/mol. The van der Waals surface area contributed by atoms with Crippen LogP contribution in [0.15, 0.2) is 29.6 Å². The minimum atomic E-state index is -0.277. The Hall–Kier alpha value is -2.32. The predicted molar refractivity (Wildman–Crippen MR) is 104 cm³/mol. The monoisotopic (exact) mass is 388 g/mol. The Morgan fingerprint density at radius 1 is 1.19 bits per heavy atom. The van der Waals surface area contributed by atoms with Crippen molar-refractivity contribution in [3.63, 3.8) is 0 Å². The van der Waals surface area contributed by atoms with E-state index in [4.69, 9.17) is 4.74 Å². The fourth-order valence-corrected chi connectivity index (χ4v) is 3.62. The molecule has 0 aliphatic carbocycles. The summed E-state index contributed by atoms with van der Waals surface area (Å²) in [5.41, 5.74) is 1.54. The summed E-state index contributed by atoms with van der Waals surface area (Å²) < 4.78 is 5.70. The van der Waals surface area contributed by atoms with Crippen molar-refractivity contribution in [3.8, 4) is 5.75 Å². The molecule has 0 fully saturated rings. The van der Waals surface area contributed by atoms with Crippen LogP contribution in [0.25, 0.3) is 0 Å². The van der Waals surface area contributed by atoms with Crippen LogP contribution in [0.1, 0.15) is 45.8 Å². The Kier molecular flexibility index (Phi) is 6.30. The van der Waals surface area contributed by atoms with E-state index in [1.165, 1.54) is 28.2 Å². The maximum atomic E-state index is 12.3. The number of amides is 1. The van der Waals surface area contributed by atoms with E-state index >= 15 is 0 Å². The number of nitrogens with zero attached hydrogens (tertiary/aromatic N) is 3. The fourth-order valence-electron chi connectivity index (χ4n) is 2.16. The smallest absolute Gasteiger partial charge is 0.276 e. The van der Waals surface area contributed by atoms with Crippen LogP contribution in [-0.4, -0.2) is 21.1 Å². The number of carbonyl (C=O) groups excluding carboxylic acids is 1. The molecular formula is C18H20N4O2S2. The second kappa shape index (κ2) is 8.86. The molecule has 3 aromatic rings. The zero-order chi connectivity index (χ0) is 18.4. The number of hydrogen-bond acceptors (Lipinski definition) is 7. The summed E-state index contributed by atoms with van der Waals surface area (Å²) in [4.78, 5) is 16.6. The van der Waals surface area contributed by atoms with Gasteiger partial charge in [0.05, 0.1) is 0 Å². The highest BCUT2D eigenvalue weighted by molar-refractivity contribution is 7.15. The molecule has 1 N–H and O–H groups in total. The number of aromatic nitrogens is 3. The summed E-state index contributed by atoms with van der Waals surface area (Å²) in [6.07, 6.45) is 3.06. The van der Waals surface area contributed by atoms with Gasteiger partial charge in [0.25, 0.3) is 5.91 Å². The first kappa shape index (κ1) is 18.5. The number of benzene rings is 1. The van der Waals surface area contributed by atoms with Crippen molar-refractivity contribution in [2.24, 2.45) is 0 Å². The van der Waals surface area contributed by atoms with Crippen LogP contribution in [0, 0.1) is 6.92 Å². The molecule has 3 rings (SSSR count). The van der Waals surface area contributed by atoms with Gasteiger partial charge in [-0.3, -0.25) is 10.1 Å². The van der Waals surface area contributed by atoms with Crippen molar-refractivity contribution in [3.05, 3.63) is 50.9 Å². The van der Waals surface area contributed by atoms with Crippen molar-refractivity contribution in [1.29, 1.82) is 0 Å². The van der Waals surface area contributed by atoms with Gasteiger partial charge in [-0.05, 0) is 25.5 Å². The molecule has 26 heavy (non-hydrogen) atoms. The van der Waals surface area contributed by atoms with Crippen molar-refractivity contribution in [2.45, 2.75) is 39.7 Å². The molecule has 6 nitrogen and oxygen atoms in total. The highest BCUT2D eigenvalue weighted by Gasteiger charge is 2.14. The molecule has 2 heterocycles. The van der Waals surface area contributed by atoms with Crippen LogP contribution >= 0.6 is 22.7 Å². The summed E-state index contributed by atoms with van der Waals surface area (Å²) in [7, 11) is 0. The third-order valence-electron chi connectivity index (χ3n) is 3.60. The molecule has 0 bridgehead atoms. The normalized spacial score (nSPS) is 10.7. The molecule has 1 amide bonds. The highest BCUT2D eigenvalue weighted by atomic mass is 32.1. The van der Waals surface area contributed by atoms with Crippen LogP contribution < -0.4 is 10.1 Å². The molecule has 1 aromatic carbocycles. The first-order valence-corrected chi connectivity index (χ1v) is 10.1. The van der Waals surface area contributed by atoms with Crippen LogP contribution in [0.4, 0.5) is 5.13 Å². The van der Waals surface area contributed by atoms with E-state index in [9.17, 15) is 4.79 Å². The summed E-state index contributed by atoms with van der Waals surface area (Å²) in [5.74, 6) is 0.506. The number of ether oxygens (including phenoxy) is 1. The molecule has 2 aromatic heterocycles. The zero-order valence-electron chi connectivity index (χ0n) is 14.7. The maximum absolute atomic E-state index is 12.3. The molecule has 0 radical (unpaired) electrons. The summed E-state index contributed by atoms with van der Waals surface area (Å²) in [6.45, 7) is 4.49. The van der Waals surface area contributed by atoms with E-state index in [0.29, 0.717) is 17.4 Å². The third-order valence-corrected chi connectivity index (χ3v) is 5.32. The number of thiazole rings is 1. The maximum Gasteiger partial charge on any atom is 0.276 e. The Balaban J connectivity index is 1.54. The minimum Gasteiger partial charge on any atom is -0.486 e. The Bertz CT molecular complexity index is 858. The van der Waals surface area contributed by atoms with Gasteiger partial charge in [0, 0.05) is 11.8 Å². The van der Waals surface area contributed by atoms with Crippen LogP contribution in [0.2, 0.25) is 0 Å². The molecule has 0 aliphatic rings. The summed E-state index contributed by atoms with van der Waals surface area (Å²) in [5, 5.41) is 14.8. The summed E-state index contributed by atoms with van der Waals surface area (Å²) >= 11 is 2.81. The molecule has 0 atom stereocenters. The standard InChI is InChI=1S/C18H20N4O2S2/c1-3-4-5-15-21-22-18(26-15)20-17(23)14-11-25-16(19-14)10-24-13-8-6-12(2)7-9-13/h6-9,11H,3-5,10H2,1-2H3,(H,20,22,23). The molecule has 0 saturated carbocycles. The van der Waals surface area contributed by atoms with Gasteiger partial charge in [0.15, 0.2) is 0 Å². The minimum absolute atomic E-state index is 0.277. The number of aryl methyl sites for hydroxylation is 2. The van der Waals surface area contributed by atoms with Crippen molar-refractivity contribution in [2.75, 3.05) is 5.32 Å². The second-order valence-corrected chi connectivity index (χ2v) is 7.79. The van der Waals surface area contributed by atoms with Gasteiger partial charge in [0.1, 0.15) is 28.1 Å². The number of hydrogen-bond donors (Lipinski definition) is 1. The van der Waals surface area contributed by atoms with E-state index in [1.54, 1.807) is 5.38 Å². The van der Waals surface area contributed by atoms with Crippen LogP contribution in [0.3, 0.4) is 0 Å². The van der Waals surface area contributed by atoms with E-state index < -0.39 is 0 Å². The summed E-state index contributed by atoms with van der Waals surface area (Å²) in [6, 6.07) is 7.82. The van der Waals surface area contributed by atoms with E-state index in [-0.39, 0.29) is 5.91 Å². The van der Waals surface area contributed by atoms with Crippen molar-refractivity contribution in [1.82, 2.24) is 15.2 Å². The molecule has 0 aliphatic heterocycles. The van der Waals surface area contributed by atoms with Crippen LogP contribution in [0.5, 0.6) is 5.75 Å². The van der Waals surface area contributed by atoms with Crippen LogP contribution in [-0.2, 0) is 13.0 Å². The van der Waals surface area contributed by atoms with Gasteiger partial charge >= 0.3 is 0 Å². The first-order chi connectivity index (χ1) is 12.6. The van der Waals surface area contributed by atoms with Gasteiger partial charge in [-0.25, -0.2) is 4.98 Å². The van der Waals surface area contributed by atoms with E-state index in [1.807, 2.05) is 31.2 Å². The second-order valence-electron chi connectivity index (χ2n) is 5.79. The molecule has 8 heteroatoms. The largest absolute Gasteiger partial charge is 0.486 e. The average Bonchev–Trinajstić information content (AvgIpc) is 3.29.